The molecule has 3 heterocycles. The number of fused-ring (bicyclic) bond motifs is 1. The van der Waals surface area contributed by atoms with E-state index >= 15 is 0 Å². The van der Waals surface area contributed by atoms with E-state index in [0.29, 0.717) is 82.7 Å². The highest BCUT2D eigenvalue weighted by atomic mass is 19.3. The smallest absolute Gasteiger partial charge is 0.410 e. The van der Waals surface area contributed by atoms with E-state index in [1.807, 2.05) is 74.2 Å². The van der Waals surface area contributed by atoms with E-state index in [0.717, 1.165) is 11.3 Å². The molecule has 2 atom stereocenters. The number of hydrogen-bond donors (Lipinski definition) is 1. The molecule has 13 heteroatoms. The molecule has 0 spiro atoms. The van der Waals surface area contributed by atoms with Crippen molar-refractivity contribution in [3.05, 3.63) is 101 Å². The highest BCUT2D eigenvalue weighted by Gasteiger charge is 2.39. The molecule has 1 saturated carbocycles. The molecule has 2 aliphatic heterocycles. The number of halogens is 2. The number of pyridine rings is 1. The molecular weight excluding hydrogens is 731 g/mol. The number of imide groups is 1. The number of aromatic nitrogens is 1. The van der Waals surface area contributed by atoms with Gasteiger partial charge in [0.25, 0.3) is 11.8 Å². The van der Waals surface area contributed by atoms with E-state index < -0.39 is 17.4 Å². The maximum absolute atomic E-state index is 13.9. The van der Waals surface area contributed by atoms with Crippen molar-refractivity contribution in [3.8, 4) is 0 Å². The molecule has 1 unspecified atom stereocenters. The summed E-state index contributed by atoms with van der Waals surface area (Å²) in [5.74, 6) is -3.84. The van der Waals surface area contributed by atoms with Crippen LogP contribution in [-0.4, -0.2) is 112 Å². The van der Waals surface area contributed by atoms with Crippen LogP contribution in [0.25, 0.3) is 0 Å². The standard InChI is InChI=1S/C44H56F2N6O5/c1-43(2,3)57-42(56)51-28-27-49(26-20-38(32-13-5-4-6-14-32)48-39(53)33-18-21-44(45,46)22-19-33)30-35(51)31-50(29-34-15-9-10-23-47-34)24-11-12-25-52-40(54)36-16-7-8-17-37(36)41(52)55/h4-10,13-17,23,33,35,38H,11-12,18-22,24-31H2,1-3H3,(H,48,53)/t35?,38-/m0/s1. The van der Waals surface area contributed by atoms with Crippen LogP contribution in [-0.2, 0) is 16.1 Å². The fourth-order valence-corrected chi connectivity index (χ4v) is 8.05. The molecule has 2 fully saturated rings. The van der Waals surface area contributed by atoms with Crippen molar-refractivity contribution in [3.63, 3.8) is 0 Å². The van der Waals surface area contributed by atoms with Crippen LogP contribution in [0, 0.1) is 5.92 Å². The van der Waals surface area contributed by atoms with Crippen LogP contribution in [0.1, 0.15) is 104 Å². The number of nitrogens with one attached hydrogen (secondary N) is 1. The lowest BCUT2D eigenvalue weighted by Gasteiger charge is -2.43. The minimum Gasteiger partial charge on any atom is -0.444 e. The second-order valence-electron chi connectivity index (χ2n) is 16.6. The van der Waals surface area contributed by atoms with Crippen LogP contribution >= 0.6 is 0 Å². The molecule has 306 valence electrons. The zero-order valence-corrected chi connectivity index (χ0v) is 33.4. The molecule has 4 amide bonds. The number of nitrogens with zero attached hydrogens (tertiary/aromatic N) is 5. The monoisotopic (exact) mass is 786 g/mol. The molecule has 0 radical (unpaired) electrons. The Labute approximate surface area is 334 Å². The highest BCUT2D eigenvalue weighted by molar-refractivity contribution is 6.21. The highest BCUT2D eigenvalue weighted by Crippen LogP contribution is 2.36. The van der Waals surface area contributed by atoms with Gasteiger partial charge >= 0.3 is 6.09 Å². The van der Waals surface area contributed by atoms with Crippen molar-refractivity contribution < 1.29 is 32.7 Å². The third-order valence-corrected chi connectivity index (χ3v) is 11.1. The van der Waals surface area contributed by atoms with Crippen molar-refractivity contribution in [2.45, 2.75) is 95.9 Å². The molecule has 1 saturated heterocycles. The summed E-state index contributed by atoms with van der Waals surface area (Å²) < 4.78 is 33.6. The van der Waals surface area contributed by atoms with Crippen molar-refractivity contribution in [2.24, 2.45) is 5.92 Å². The lowest BCUT2D eigenvalue weighted by atomic mass is 9.86. The average Bonchev–Trinajstić information content (AvgIpc) is 3.42. The van der Waals surface area contributed by atoms with E-state index in [1.54, 1.807) is 30.5 Å². The summed E-state index contributed by atoms with van der Waals surface area (Å²) in [4.78, 5) is 65.4. The quantitative estimate of drug-likeness (QED) is 0.130. The lowest BCUT2D eigenvalue weighted by molar-refractivity contribution is -0.130. The largest absolute Gasteiger partial charge is 0.444 e. The summed E-state index contributed by atoms with van der Waals surface area (Å²) in [5.41, 5.74) is 2.05. The molecule has 1 aromatic heterocycles. The Bertz CT molecular complexity index is 1800. The first-order valence-corrected chi connectivity index (χ1v) is 20.3. The number of ether oxygens (including phenoxy) is 1. The number of rotatable bonds is 15. The van der Waals surface area contributed by atoms with E-state index in [4.69, 9.17) is 4.74 Å². The van der Waals surface area contributed by atoms with Crippen LogP contribution in [0.3, 0.4) is 0 Å². The topological polar surface area (TPSA) is 115 Å². The van der Waals surface area contributed by atoms with Gasteiger partial charge in [0.1, 0.15) is 5.60 Å². The van der Waals surface area contributed by atoms with E-state index in [-0.39, 0.29) is 61.6 Å². The zero-order chi connectivity index (χ0) is 40.6. The second-order valence-corrected chi connectivity index (χ2v) is 16.6. The predicted molar refractivity (Wildman–Crippen MR) is 213 cm³/mol. The van der Waals surface area contributed by atoms with Gasteiger partial charge in [-0.1, -0.05) is 48.5 Å². The van der Waals surface area contributed by atoms with Gasteiger partial charge in [-0.3, -0.25) is 34.1 Å². The minimum atomic E-state index is -2.71. The summed E-state index contributed by atoms with van der Waals surface area (Å²) in [5, 5.41) is 3.20. The number of benzene rings is 2. The Morgan fingerprint density at radius 3 is 2.23 bits per heavy atom. The normalized spacial score (nSPS) is 19.4. The van der Waals surface area contributed by atoms with Crippen LogP contribution in [0.5, 0.6) is 0 Å². The molecule has 57 heavy (non-hydrogen) atoms. The SMILES string of the molecule is CC(C)(C)OC(=O)N1CCN(CC[C@H](NC(=O)C2CCC(F)(F)CC2)c2ccccc2)CC1CN(CCCCN1C(=O)c2ccccc2C1=O)Cc1ccccn1. The Hall–Kier alpha value is -4.75. The number of unbranched alkanes of at least 4 members (excludes halogenated alkanes) is 1. The Kier molecular flexibility index (Phi) is 13.7. The van der Waals surface area contributed by atoms with Gasteiger partial charge in [-0.05, 0) is 89.2 Å². The molecule has 1 N–H and O–H groups in total. The van der Waals surface area contributed by atoms with Gasteiger partial charge in [0.15, 0.2) is 0 Å². The van der Waals surface area contributed by atoms with Crippen molar-refractivity contribution in [2.75, 3.05) is 45.8 Å². The van der Waals surface area contributed by atoms with Crippen LogP contribution < -0.4 is 5.32 Å². The molecule has 2 aromatic carbocycles. The first kappa shape index (κ1) is 41.9. The lowest BCUT2D eigenvalue weighted by Crippen LogP contribution is -2.59. The van der Waals surface area contributed by atoms with Gasteiger partial charge in [-0.15, -0.1) is 0 Å². The van der Waals surface area contributed by atoms with Crippen molar-refractivity contribution in [1.29, 1.82) is 0 Å². The molecule has 3 aliphatic rings. The molecule has 6 rings (SSSR count). The maximum Gasteiger partial charge on any atom is 0.410 e. The fraction of sp³-hybridized carbons (Fsp3) is 0.523. The Balaban J connectivity index is 1.13. The third-order valence-electron chi connectivity index (χ3n) is 11.1. The molecule has 0 bridgehead atoms. The third kappa shape index (κ3) is 11.4. The number of amides is 4. The van der Waals surface area contributed by atoms with Gasteiger partial charge in [0, 0.05) is 70.8 Å². The summed E-state index contributed by atoms with van der Waals surface area (Å²) in [6.07, 6.45) is 3.13. The number of hydrogen-bond acceptors (Lipinski definition) is 8. The summed E-state index contributed by atoms with van der Waals surface area (Å²) in [7, 11) is 0. The maximum atomic E-state index is 13.9. The van der Waals surface area contributed by atoms with Gasteiger partial charge in [-0.2, -0.15) is 0 Å². The van der Waals surface area contributed by atoms with Gasteiger partial charge in [-0.25, -0.2) is 13.6 Å². The van der Waals surface area contributed by atoms with Gasteiger partial charge in [0.05, 0.1) is 28.9 Å². The second kappa shape index (κ2) is 18.7. The van der Waals surface area contributed by atoms with Crippen LogP contribution in [0.2, 0.25) is 0 Å². The summed E-state index contributed by atoms with van der Waals surface area (Å²) in [6.45, 7) is 9.89. The first-order valence-electron chi connectivity index (χ1n) is 20.3. The van der Waals surface area contributed by atoms with Crippen molar-refractivity contribution in [1.82, 2.24) is 29.9 Å². The molecule has 11 nitrogen and oxygen atoms in total. The zero-order valence-electron chi connectivity index (χ0n) is 33.4. The van der Waals surface area contributed by atoms with Gasteiger partial charge in [0.2, 0.25) is 11.8 Å². The molecular formula is C44H56F2N6O5. The van der Waals surface area contributed by atoms with Crippen molar-refractivity contribution >= 4 is 23.8 Å². The van der Waals surface area contributed by atoms with Crippen LogP contribution in [0.4, 0.5) is 13.6 Å². The number of carbonyl (C=O) groups excluding carboxylic acids is 4. The molecule has 1 aliphatic carbocycles. The summed E-state index contributed by atoms with van der Waals surface area (Å²) in [6, 6.07) is 21.9. The number of piperazine rings is 1. The summed E-state index contributed by atoms with van der Waals surface area (Å²) >= 11 is 0. The van der Waals surface area contributed by atoms with Crippen LogP contribution in [0.15, 0.2) is 79.0 Å². The average molecular weight is 787 g/mol. The van der Waals surface area contributed by atoms with E-state index in [2.05, 4.69) is 20.1 Å². The Morgan fingerprint density at radius 1 is 0.912 bits per heavy atom. The fourth-order valence-electron chi connectivity index (χ4n) is 8.05. The predicted octanol–water partition coefficient (Wildman–Crippen LogP) is 6.95. The molecule has 3 aromatic rings. The first-order chi connectivity index (χ1) is 27.3. The van der Waals surface area contributed by atoms with Gasteiger partial charge < -0.3 is 15.0 Å². The number of alkyl halides is 2. The van der Waals surface area contributed by atoms with E-state index in [1.165, 1.54) is 4.90 Å². The van der Waals surface area contributed by atoms with E-state index in [9.17, 15) is 28.0 Å². The number of carbonyl (C=O) groups is 4. The minimum absolute atomic E-state index is 0.173. The Morgan fingerprint density at radius 2 is 1.58 bits per heavy atom.